The predicted molar refractivity (Wildman–Crippen MR) is 147 cm³/mol. The molecule has 0 saturated carbocycles. The molecule has 5 heteroatoms. The molecule has 2 heterocycles. The van der Waals surface area contributed by atoms with Crippen LogP contribution in [0.15, 0.2) is 42.5 Å². The third-order valence-corrected chi connectivity index (χ3v) is 6.78. The zero-order valence-corrected chi connectivity index (χ0v) is 22.5. The number of hydrogen-bond acceptors (Lipinski definition) is 5. The average molecular weight is 490 g/mol. The lowest BCUT2D eigenvalue weighted by Crippen LogP contribution is -2.31. The van der Waals surface area contributed by atoms with Crippen LogP contribution in [-0.4, -0.2) is 43.5 Å². The van der Waals surface area contributed by atoms with E-state index >= 15 is 0 Å². The number of ether oxygens (including phenoxy) is 2. The second kappa shape index (κ2) is 10.5. The number of benzene rings is 3. The Labute approximate surface area is 215 Å². The second-order valence-electron chi connectivity index (χ2n) is 10.8. The molecule has 0 radical (unpaired) electrons. The van der Waals surface area contributed by atoms with Crippen LogP contribution in [0.5, 0.6) is 5.75 Å². The Hall–Kier alpha value is -3.05. The summed E-state index contributed by atoms with van der Waals surface area (Å²) in [7, 11) is 2.17. The van der Waals surface area contributed by atoms with E-state index in [2.05, 4.69) is 61.3 Å². The van der Waals surface area contributed by atoms with E-state index in [4.69, 9.17) is 14.6 Å². The molecule has 0 saturated heterocycles. The minimum absolute atomic E-state index is 0.178. The molecular formula is C31H39NO4. The van der Waals surface area contributed by atoms with E-state index in [1.165, 1.54) is 27.6 Å². The standard InChI is InChI=1S/C27H29NO3.C4H10O/c1-4-30-24(29)16-22-17(2)15-19-7-5-6-8-20(19)26(22)21-9-10-23-25-18(12-14-31-23)11-13-28(3)27(21)25;1-4(2,3)5/h5-10,15,18H,4,11-14,16H2,1-3H3;5H,1-3H3. The maximum absolute atomic E-state index is 12.5. The molecule has 3 aromatic rings. The van der Waals surface area contributed by atoms with Gasteiger partial charge in [0.2, 0.25) is 0 Å². The number of hydrogen-bond donors (Lipinski definition) is 1. The van der Waals surface area contributed by atoms with E-state index in [-0.39, 0.29) is 12.4 Å². The molecule has 0 aliphatic carbocycles. The van der Waals surface area contributed by atoms with E-state index < -0.39 is 5.60 Å². The number of nitrogens with zero attached hydrogens (tertiary/aromatic N) is 1. The molecule has 0 aromatic heterocycles. The summed E-state index contributed by atoms with van der Waals surface area (Å²) in [4.78, 5) is 14.9. The maximum Gasteiger partial charge on any atom is 0.310 e. The molecule has 0 amide bonds. The lowest BCUT2D eigenvalue weighted by atomic mass is 9.80. The summed E-state index contributed by atoms with van der Waals surface area (Å²) in [5.74, 6) is 1.38. The van der Waals surface area contributed by atoms with Gasteiger partial charge >= 0.3 is 5.97 Å². The Kier molecular flexibility index (Phi) is 7.60. The number of aliphatic hydroxyl groups is 1. The first-order valence-electron chi connectivity index (χ1n) is 13.0. The number of carbonyl (C=O) groups is 1. The van der Waals surface area contributed by atoms with Crippen molar-refractivity contribution in [1.82, 2.24) is 0 Å². The molecule has 2 aliphatic heterocycles. The van der Waals surface area contributed by atoms with Crippen molar-refractivity contribution in [2.75, 3.05) is 31.7 Å². The first kappa shape index (κ1) is 26.0. The first-order valence-corrected chi connectivity index (χ1v) is 13.0. The van der Waals surface area contributed by atoms with Crippen LogP contribution in [0.4, 0.5) is 5.69 Å². The zero-order chi connectivity index (χ0) is 26.0. The van der Waals surface area contributed by atoms with Crippen LogP contribution in [0.25, 0.3) is 21.9 Å². The fourth-order valence-corrected chi connectivity index (χ4v) is 5.35. The molecule has 0 spiro atoms. The van der Waals surface area contributed by atoms with Gasteiger partial charge in [0.05, 0.1) is 30.9 Å². The summed E-state index contributed by atoms with van der Waals surface area (Å²) in [6.45, 7) is 11.4. The van der Waals surface area contributed by atoms with Gasteiger partial charge in [-0.2, -0.15) is 0 Å². The highest BCUT2D eigenvalue weighted by Crippen LogP contribution is 2.51. The summed E-state index contributed by atoms with van der Waals surface area (Å²) in [5.41, 5.74) is 6.62. The van der Waals surface area contributed by atoms with Crippen molar-refractivity contribution in [2.24, 2.45) is 0 Å². The van der Waals surface area contributed by atoms with Gasteiger partial charge < -0.3 is 19.5 Å². The Morgan fingerprint density at radius 3 is 2.61 bits per heavy atom. The third kappa shape index (κ3) is 5.52. The molecule has 5 nitrogen and oxygen atoms in total. The predicted octanol–water partition coefficient (Wildman–Crippen LogP) is 6.40. The Bertz CT molecular complexity index is 1250. The fourth-order valence-electron chi connectivity index (χ4n) is 5.35. The van der Waals surface area contributed by atoms with Gasteiger partial charge in [-0.1, -0.05) is 30.3 Å². The summed E-state index contributed by atoms with van der Waals surface area (Å²) in [5, 5.41) is 10.9. The maximum atomic E-state index is 12.5. The van der Waals surface area contributed by atoms with Gasteiger partial charge in [-0.3, -0.25) is 4.79 Å². The van der Waals surface area contributed by atoms with Gasteiger partial charge in [-0.15, -0.1) is 0 Å². The van der Waals surface area contributed by atoms with E-state index in [0.717, 1.165) is 48.4 Å². The third-order valence-electron chi connectivity index (χ3n) is 6.78. The number of rotatable bonds is 4. The van der Waals surface area contributed by atoms with Crippen LogP contribution in [0.2, 0.25) is 0 Å². The smallest absolute Gasteiger partial charge is 0.310 e. The van der Waals surface area contributed by atoms with Crippen molar-refractivity contribution in [3.8, 4) is 16.9 Å². The van der Waals surface area contributed by atoms with Crippen molar-refractivity contribution in [3.63, 3.8) is 0 Å². The molecule has 2 aliphatic rings. The number of carbonyl (C=O) groups excluding carboxylic acids is 1. The molecule has 1 atom stereocenters. The lowest BCUT2D eigenvalue weighted by Gasteiger charge is -2.39. The van der Waals surface area contributed by atoms with Crippen molar-refractivity contribution in [2.45, 2.75) is 65.4 Å². The number of anilines is 1. The van der Waals surface area contributed by atoms with Crippen LogP contribution in [-0.2, 0) is 16.0 Å². The molecule has 1 unspecified atom stereocenters. The van der Waals surface area contributed by atoms with Crippen molar-refractivity contribution >= 4 is 22.4 Å². The van der Waals surface area contributed by atoms with Gasteiger partial charge in [0.15, 0.2) is 0 Å². The molecular weight excluding hydrogens is 450 g/mol. The quantitative estimate of drug-likeness (QED) is 0.430. The van der Waals surface area contributed by atoms with Gasteiger partial charge in [-0.05, 0) is 93.0 Å². The van der Waals surface area contributed by atoms with Gasteiger partial charge in [-0.25, -0.2) is 0 Å². The molecule has 1 N–H and O–H groups in total. The fraction of sp³-hybridized carbons (Fsp3) is 0.452. The molecule has 3 aromatic carbocycles. The minimum atomic E-state index is -0.500. The topological polar surface area (TPSA) is 59.0 Å². The lowest BCUT2D eigenvalue weighted by molar-refractivity contribution is -0.142. The largest absolute Gasteiger partial charge is 0.493 e. The molecule has 0 fully saturated rings. The van der Waals surface area contributed by atoms with Gasteiger partial charge in [0, 0.05) is 24.7 Å². The van der Waals surface area contributed by atoms with E-state index in [0.29, 0.717) is 12.5 Å². The van der Waals surface area contributed by atoms with E-state index in [1.54, 1.807) is 20.8 Å². The van der Waals surface area contributed by atoms with Crippen LogP contribution in [0.3, 0.4) is 0 Å². The summed E-state index contributed by atoms with van der Waals surface area (Å²) >= 11 is 0. The highest BCUT2D eigenvalue weighted by Gasteiger charge is 2.33. The van der Waals surface area contributed by atoms with E-state index in [1.807, 2.05) is 6.92 Å². The van der Waals surface area contributed by atoms with Gasteiger partial charge in [0.1, 0.15) is 5.75 Å². The van der Waals surface area contributed by atoms with E-state index in [9.17, 15) is 4.79 Å². The van der Waals surface area contributed by atoms with Crippen molar-refractivity contribution in [1.29, 1.82) is 0 Å². The van der Waals surface area contributed by atoms with Crippen LogP contribution < -0.4 is 9.64 Å². The first-order chi connectivity index (χ1) is 17.1. The number of fused-ring (bicyclic) bond motifs is 1. The summed E-state index contributed by atoms with van der Waals surface area (Å²) in [6.07, 6.45) is 2.51. The Morgan fingerprint density at radius 1 is 1.17 bits per heavy atom. The van der Waals surface area contributed by atoms with Crippen molar-refractivity contribution in [3.05, 3.63) is 59.2 Å². The number of esters is 1. The highest BCUT2D eigenvalue weighted by molar-refractivity contribution is 6.04. The van der Waals surface area contributed by atoms with Gasteiger partial charge in [0.25, 0.3) is 0 Å². The minimum Gasteiger partial charge on any atom is -0.493 e. The van der Waals surface area contributed by atoms with Crippen LogP contribution in [0, 0.1) is 6.92 Å². The Balaban J connectivity index is 0.000000556. The average Bonchev–Trinajstić information content (AvgIpc) is 2.81. The summed E-state index contributed by atoms with van der Waals surface area (Å²) < 4.78 is 11.4. The van der Waals surface area contributed by atoms with Crippen LogP contribution >= 0.6 is 0 Å². The molecule has 5 rings (SSSR count). The summed E-state index contributed by atoms with van der Waals surface area (Å²) in [6, 6.07) is 15.0. The highest BCUT2D eigenvalue weighted by atomic mass is 16.5. The zero-order valence-electron chi connectivity index (χ0n) is 22.5. The SMILES string of the molecule is CC(C)(C)O.CCOC(=O)Cc1c(C)cc2ccccc2c1-c1ccc2c3c1N(C)CCC3CCO2. The normalized spacial score (nSPS) is 16.5. The Morgan fingerprint density at radius 2 is 1.89 bits per heavy atom. The molecule has 192 valence electrons. The van der Waals surface area contributed by atoms with Crippen molar-refractivity contribution < 1.29 is 19.4 Å². The molecule has 0 bridgehead atoms. The monoisotopic (exact) mass is 489 g/mol. The van der Waals surface area contributed by atoms with Crippen LogP contribution in [0.1, 0.15) is 63.1 Å². The second-order valence-corrected chi connectivity index (χ2v) is 10.8. The molecule has 36 heavy (non-hydrogen) atoms. The number of aryl methyl sites for hydroxylation is 1.